The molecule has 0 radical (unpaired) electrons. The van der Waals surface area contributed by atoms with Gasteiger partial charge in [-0.2, -0.15) is 8.42 Å². The van der Waals surface area contributed by atoms with E-state index in [0.717, 1.165) is 11.1 Å². The fourth-order valence-corrected chi connectivity index (χ4v) is 2.99. The van der Waals surface area contributed by atoms with Crippen molar-refractivity contribution < 1.29 is 77.3 Å². The number of hydrogen-bond acceptors (Lipinski definition) is 5. The first kappa shape index (κ1) is 26.9. The Bertz CT molecular complexity index is 837. The van der Waals surface area contributed by atoms with Crippen molar-refractivity contribution in [2.75, 3.05) is 0 Å². The Kier molecular flexibility index (Phi) is 11.1. The van der Waals surface area contributed by atoms with Crippen LogP contribution in [-0.4, -0.2) is 25.9 Å². The van der Waals surface area contributed by atoms with Crippen LogP contribution in [0.4, 0.5) is 0 Å². The summed E-state index contributed by atoms with van der Waals surface area (Å²) in [4.78, 5) is -0.228. The zero-order valence-electron chi connectivity index (χ0n) is 16.1. The fourth-order valence-electron chi connectivity index (χ4n) is 2.04. The third-order valence-corrected chi connectivity index (χ3v) is 5.40. The molecule has 0 atom stereocenters. The Morgan fingerprint density at radius 2 is 1.00 bits per heavy atom. The molecule has 0 heterocycles. The SMILES string of the molecule is CC(C)c1ccc(S(=O)(=O)O)cc1.CC(C)c1ccc(S(=O)(=O)[O-])cc1.[K+]. The molecule has 0 saturated heterocycles. The van der Waals surface area contributed by atoms with Gasteiger partial charge in [0.25, 0.3) is 10.1 Å². The van der Waals surface area contributed by atoms with Crippen LogP contribution in [0, 0.1) is 0 Å². The van der Waals surface area contributed by atoms with E-state index >= 15 is 0 Å². The van der Waals surface area contributed by atoms with E-state index < -0.39 is 20.2 Å². The number of hydrogen-bond donors (Lipinski definition) is 1. The predicted octanol–water partition coefficient (Wildman–Crippen LogP) is 0.775. The number of benzene rings is 2. The summed E-state index contributed by atoms with van der Waals surface area (Å²) in [5.74, 6) is 0.693. The summed E-state index contributed by atoms with van der Waals surface area (Å²) in [6.45, 7) is 8.03. The van der Waals surface area contributed by atoms with Crippen LogP contribution in [0.1, 0.15) is 50.7 Å². The summed E-state index contributed by atoms with van der Waals surface area (Å²) in [6.07, 6.45) is 0. The van der Waals surface area contributed by atoms with Crippen LogP contribution in [0.2, 0.25) is 0 Å². The molecule has 0 bridgehead atoms. The van der Waals surface area contributed by atoms with Crippen molar-refractivity contribution in [1.29, 1.82) is 0 Å². The van der Waals surface area contributed by atoms with Crippen LogP contribution in [-0.2, 0) is 20.2 Å². The molecule has 0 aromatic heterocycles. The van der Waals surface area contributed by atoms with Crippen LogP contribution >= 0.6 is 0 Å². The van der Waals surface area contributed by atoms with Crippen LogP contribution in [0.3, 0.4) is 0 Å². The van der Waals surface area contributed by atoms with Crippen LogP contribution in [0.25, 0.3) is 0 Å². The molecule has 1 N–H and O–H groups in total. The van der Waals surface area contributed by atoms with E-state index in [9.17, 15) is 21.4 Å². The first-order valence-corrected chi connectivity index (χ1v) is 10.8. The molecule has 0 saturated carbocycles. The van der Waals surface area contributed by atoms with Crippen molar-refractivity contribution in [3.8, 4) is 0 Å². The summed E-state index contributed by atoms with van der Waals surface area (Å²) in [5.41, 5.74) is 2.07. The summed E-state index contributed by atoms with van der Waals surface area (Å²) < 4.78 is 61.7. The molecule has 0 spiro atoms. The van der Waals surface area contributed by atoms with Gasteiger partial charge in [0.15, 0.2) is 0 Å². The van der Waals surface area contributed by atoms with Gasteiger partial charge in [0, 0.05) is 0 Å². The van der Waals surface area contributed by atoms with Gasteiger partial charge < -0.3 is 4.55 Å². The van der Waals surface area contributed by atoms with Crippen LogP contribution in [0.15, 0.2) is 58.3 Å². The minimum atomic E-state index is -4.30. The summed E-state index contributed by atoms with van der Waals surface area (Å²) >= 11 is 0. The van der Waals surface area contributed by atoms with E-state index in [2.05, 4.69) is 0 Å². The molecule has 2 rings (SSSR count). The first-order valence-electron chi connectivity index (χ1n) is 7.95. The minimum Gasteiger partial charge on any atom is -0.744 e. The zero-order valence-corrected chi connectivity index (χ0v) is 20.8. The topological polar surface area (TPSA) is 112 Å². The van der Waals surface area contributed by atoms with Crippen molar-refractivity contribution in [3.05, 3.63) is 59.7 Å². The smallest absolute Gasteiger partial charge is 0.744 e. The van der Waals surface area contributed by atoms with E-state index in [1.807, 2.05) is 27.7 Å². The second-order valence-corrected chi connectivity index (χ2v) is 9.18. The molecule has 2 aromatic carbocycles. The van der Waals surface area contributed by atoms with Gasteiger partial charge in [0.1, 0.15) is 10.1 Å². The first-order chi connectivity index (χ1) is 11.8. The minimum absolute atomic E-state index is 0. The van der Waals surface area contributed by atoms with E-state index in [1.165, 1.54) is 24.3 Å². The molecule has 0 aliphatic rings. The molecule has 9 heteroatoms. The van der Waals surface area contributed by atoms with Crippen LogP contribution < -0.4 is 51.4 Å². The molecule has 0 aliphatic carbocycles. The van der Waals surface area contributed by atoms with Gasteiger partial charge in [0.2, 0.25) is 0 Å². The van der Waals surface area contributed by atoms with Crippen molar-refractivity contribution in [3.63, 3.8) is 0 Å². The largest absolute Gasteiger partial charge is 1.00 e. The zero-order chi connectivity index (χ0) is 20.1. The van der Waals surface area contributed by atoms with Crippen molar-refractivity contribution in [2.24, 2.45) is 0 Å². The maximum atomic E-state index is 10.7. The van der Waals surface area contributed by atoms with Gasteiger partial charge in [-0.3, -0.25) is 4.55 Å². The quantitative estimate of drug-likeness (QED) is 0.558. The normalized spacial score (nSPS) is 11.6. The van der Waals surface area contributed by atoms with Crippen molar-refractivity contribution >= 4 is 20.2 Å². The molecule has 0 amide bonds. The summed E-state index contributed by atoms with van der Waals surface area (Å²) in [5, 5.41) is 0. The Labute approximate surface area is 204 Å². The molecular formula is C18H23KO6S2. The molecule has 27 heavy (non-hydrogen) atoms. The standard InChI is InChI=1S/2C9H12O3S.K/c2*1-7(2)8-3-5-9(6-4-8)13(10,11)12;/h2*3-7H,1-2H3,(H,10,11,12);/q;;+1/p-1. The summed E-state index contributed by atoms with van der Waals surface area (Å²) in [6, 6.07) is 12.2. The third kappa shape index (κ3) is 9.29. The van der Waals surface area contributed by atoms with Crippen LogP contribution in [0.5, 0.6) is 0 Å². The number of rotatable bonds is 4. The summed E-state index contributed by atoms with van der Waals surface area (Å²) in [7, 11) is -8.34. The average Bonchev–Trinajstić information content (AvgIpc) is 2.54. The second-order valence-electron chi connectivity index (χ2n) is 6.38. The Balaban J connectivity index is 0.000000483. The molecule has 0 aliphatic heterocycles. The van der Waals surface area contributed by atoms with Gasteiger partial charge in [-0.1, -0.05) is 52.0 Å². The van der Waals surface area contributed by atoms with E-state index in [4.69, 9.17) is 4.55 Å². The Morgan fingerprint density at radius 3 is 1.22 bits per heavy atom. The van der Waals surface area contributed by atoms with Crippen molar-refractivity contribution in [2.45, 2.75) is 49.3 Å². The molecule has 2 aromatic rings. The van der Waals surface area contributed by atoms with E-state index in [-0.39, 0.29) is 61.2 Å². The van der Waals surface area contributed by atoms with Gasteiger partial charge in [-0.25, -0.2) is 8.42 Å². The van der Waals surface area contributed by atoms with E-state index in [0.29, 0.717) is 11.8 Å². The Morgan fingerprint density at radius 1 is 0.704 bits per heavy atom. The molecule has 0 fully saturated rings. The maximum absolute atomic E-state index is 10.7. The predicted molar refractivity (Wildman–Crippen MR) is 98.8 cm³/mol. The molecule has 144 valence electrons. The van der Waals surface area contributed by atoms with Gasteiger partial charge in [0.05, 0.1) is 9.79 Å². The fraction of sp³-hybridized carbons (Fsp3) is 0.333. The Hall–Kier alpha value is -0.104. The van der Waals surface area contributed by atoms with E-state index in [1.54, 1.807) is 24.3 Å². The molecule has 6 nitrogen and oxygen atoms in total. The van der Waals surface area contributed by atoms with Gasteiger partial charge in [-0.15, -0.1) is 0 Å². The third-order valence-electron chi connectivity index (χ3n) is 3.68. The molecular weight excluding hydrogens is 415 g/mol. The molecule has 0 unspecified atom stereocenters. The average molecular weight is 439 g/mol. The van der Waals surface area contributed by atoms with Crippen molar-refractivity contribution in [1.82, 2.24) is 0 Å². The monoisotopic (exact) mass is 438 g/mol. The van der Waals surface area contributed by atoms with Gasteiger partial charge in [-0.05, 0) is 47.2 Å². The van der Waals surface area contributed by atoms with Gasteiger partial charge >= 0.3 is 51.4 Å². The second kappa shape index (κ2) is 11.2. The maximum Gasteiger partial charge on any atom is 1.00 e.